The van der Waals surface area contributed by atoms with Crippen molar-refractivity contribution in [2.45, 2.75) is 19.8 Å². The van der Waals surface area contributed by atoms with Gasteiger partial charge in [-0.1, -0.05) is 6.08 Å². The number of aryl methyl sites for hydroxylation is 1. The molecule has 1 aliphatic carbocycles. The molecule has 0 saturated heterocycles. The lowest BCUT2D eigenvalue weighted by atomic mass is 10.2. The summed E-state index contributed by atoms with van der Waals surface area (Å²) in [6.07, 6.45) is 11.4. The summed E-state index contributed by atoms with van der Waals surface area (Å²) in [5, 5.41) is 0.983. The van der Waals surface area contributed by atoms with Crippen LogP contribution in [0.3, 0.4) is 0 Å². The van der Waals surface area contributed by atoms with Crippen LogP contribution in [0.2, 0.25) is 0 Å². The van der Waals surface area contributed by atoms with Crippen LogP contribution in [0.5, 0.6) is 0 Å². The molecule has 2 aromatic heterocycles. The van der Waals surface area contributed by atoms with Gasteiger partial charge in [0.05, 0.1) is 17.3 Å². The minimum absolute atomic E-state index is 0.732. The Bertz CT molecular complexity index is 692. The average molecular weight is 385 g/mol. The van der Waals surface area contributed by atoms with Crippen LogP contribution in [0.1, 0.15) is 18.5 Å². The summed E-state index contributed by atoms with van der Waals surface area (Å²) < 4.78 is 15.4. The van der Waals surface area contributed by atoms with Crippen molar-refractivity contribution in [3.63, 3.8) is 0 Å². The number of allylic oxidation sites excluding steroid dienone is 3. The van der Waals surface area contributed by atoms with E-state index in [9.17, 15) is 4.55 Å². The summed E-state index contributed by atoms with van der Waals surface area (Å²) >= 11 is 1.00. The smallest absolute Gasteiger partial charge is 0.191 e. The fourth-order valence-corrected chi connectivity index (χ4v) is 4.39. The van der Waals surface area contributed by atoms with Gasteiger partial charge >= 0.3 is 0 Å². The number of halogens is 1. The Hall–Kier alpha value is -0.860. The van der Waals surface area contributed by atoms with Crippen LogP contribution in [0.25, 0.3) is 11.0 Å². The largest absolute Gasteiger partial charge is 0.587 e. The van der Waals surface area contributed by atoms with Crippen LogP contribution in [-0.4, -0.2) is 18.5 Å². The van der Waals surface area contributed by atoms with E-state index in [1.165, 1.54) is 6.33 Å². The molecule has 1 atom stereocenters. The first-order chi connectivity index (χ1) is 9.18. The third-order valence-electron chi connectivity index (χ3n) is 3.04. The molecule has 0 radical (unpaired) electrons. The standard InChI is InChI=1S/C13H12IN3OS/c1-9-12-11(14)7-17(13(12)16-8-15-9)19(18)10-5-3-2-4-6-10/h3,5-8H,2,4H2,1H3. The Morgan fingerprint density at radius 1 is 1.37 bits per heavy atom. The second-order valence-electron chi connectivity index (χ2n) is 4.30. The number of hydrogen-bond donors (Lipinski definition) is 0. The van der Waals surface area contributed by atoms with Crippen molar-refractivity contribution in [3.05, 3.63) is 44.9 Å². The Morgan fingerprint density at radius 3 is 2.95 bits per heavy atom. The van der Waals surface area contributed by atoms with Crippen molar-refractivity contribution in [2.24, 2.45) is 0 Å². The first-order valence-corrected chi connectivity index (χ1v) is 8.14. The quantitative estimate of drug-likeness (QED) is 0.590. The number of aromatic nitrogens is 3. The molecule has 0 spiro atoms. The predicted molar refractivity (Wildman–Crippen MR) is 85.0 cm³/mol. The van der Waals surface area contributed by atoms with E-state index in [0.29, 0.717) is 0 Å². The van der Waals surface area contributed by atoms with Gasteiger partial charge in [0.2, 0.25) is 0 Å². The summed E-state index contributed by atoms with van der Waals surface area (Å²) in [6, 6.07) is 0. The molecule has 6 heteroatoms. The molecule has 0 amide bonds. The van der Waals surface area contributed by atoms with Crippen molar-refractivity contribution in [3.8, 4) is 0 Å². The van der Waals surface area contributed by atoms with Crippen LogP contribution >= 0.6 is 22.6 Å². The van der Waals surface area contributed by atoms with Gasteiger partial charge in [-0.2, -0.15) is 0 Å². The molecule has 4 nitrogen and oxygen atoms in total. The van der Waals surface area contributed by atoms with Crippen LogP contribution in [-0.2, 0) is 11.4 Å². The number of hydrogen-bond acceptors (Lipinski definition) is 3. The minimum Gasteiger partial charge on any atom is -0.587 e. The molecular weight excluding hydrogens is 373 g/mol. The summed E-state index contributed by atoms with van der Waals surface area (Å²) in [7, 11) is 0. The van der Waals surface area contributed by atoms with E-state index < -0.39 is 11.4 Å². The fraction of sp³-hybridized carbons (Fsp3) is 0.231. The topological polar surface area (TPSA) is 53.8 Å². The molecule has 2 aromatic rings. The first kappa shape index (κ1) is 13.1. The average Bonchev–Trinajstić information content (AvgIpc) is 2.78. The lowest BCUT2D eigenvalue weighted by molar-refractivity contribution is 0.594. The molecule has 0 saturated carbocycles. The van der Waals surface area contributed by atoms with E-state index in [-0.39, 0.29) is 0 Å². The molecule has 0 aliphatic heterocycles. The van der Waals surface area contributed by atoms with Gasteiger partial charge in [0.15, 0.2) is 10.6 Å². The zero-order valence-electron chi connectivity index (χ0n) is 10.3. The van der Waals surface area contributed by atoms with Crippen LogP contribution in [0, 0.1) is 10.5 Å². The van der Waals surface area contributed by atoms with E-state index in [1.807, 2.05) is 25.3 Å². The molecule has 98 valence electrons. The molecule has 2 heterocycles. The van der Waals surface area contributed by atoms with E-state index >= 15 is 0 Å². The maximum atomic E-state index is 12.6. The maximum absolute atomic E-state index is 12.6. The summed E-state index contributed by atoms with van der Waals surface area (Å²) in [6.45, 7) is 1.94. The zero-order valence-corrected chi connectivity index (χ0v) is 13.3. The minimum atomic E-state index is -1.24. The van der Waals surface area contributed by atoms with E-state index in [0.717, 1.165) is 38.0 Å². The first-order valence-electron chi connectivity index (χ1n) is 5.95. The van der Waals surface area contributed by atoms with Crippen molar-refractivity contribution in [1.82, 2.24) is 13.9 Å². The van der Waals surface area contributed by atoms with Crippen LogP contribution in [0.15, 0.2) is 35.7 Å². The lowest BCUT2D eigenvalue weighted by Gasteiger charge is -2.13. The van der Waals surface area contributed by atoms with Crippen LogP contribution in [0.4, 0.5) is 0 Å². The van der Waals surface area contributed by atoms with Crippen molar-refractivity contribution >= 4 is 45.0 Å². The molecule has 1 aliphatic rings. The highest BCUT2D eigenvalue weighted by Crippen LogP contribution is 2.27. The monoisotopic (exact) mass is 385 g/mol. The maximum Gasteiger partial charge on any atom is 0.191 e. The highest BCUT2D eigenvalue weighted by atomic mass is 127. The molecule has 19 heavy (non-hydrogen) atoms. The SMILES string of the molecule is Cc1ncnc2c1c(I)cn2[S+]([O-])C1=CCCC=C1. The molecule has 1 unspecified atom stereocenters. The third-order valence-corrected chi connectivity index (χ3v) is 5.20. The number of nitrogens with zero attached hydrogens (tertiary/aromatic N) is 3. The molecule has 0 bridgehead atoms. The van der Waals surface area contributed by atoms with E-state index in [4.69, 9.17) is 0 Å². The van der Waals surface area contributed by atoms with Crippen molar-refractivity contribution < 1.29 is 4.55 Å². The Labute approximate surface area is 128 Å². The fourth-order valence-electron chi connectivity index (χ4n) is 2.10. The van der Waals surface area contributed by atoms with Gasteiger partial charge in [-0.3, -0.25) is 0 Å². The lowest BCUT2D eigenvalue weighted by Crippen LogP contribution is -2.14. The van der Waals surface area contributed by atoms with Gasteiger partial charge in [0.25, 0.3) is 0 Å². The van der Waals surface area contributed by atoms with E-state index in [1.54, 1.807) is 3.97 Å². The zero-order chi connectivity index (χ0) is 13.4. The van der Waals surface area contributed by atoms with Gasteiger partial charge in [-0.25, -0.2) is 9.97 Å². The second-order valence-corrected chi connectivity index (χ2v) is 6.82. The molecular formula is C13H12IN3OS. The van der Waals surface area contributed by atoms with Gasteiger partial charge in [-0.05, 0) is 54.5 Å². The normalized spacial score (nSPS) is 16.7. The Balaban J connectivity index is 2.13. The van der Waals surface area contributed by atoms with Crippen molar-refractivity contribution in [1.29, 1.82) is 0 Å². The molecule has 3 rings (SSSR count). The Morgan fingerprint density at radius 2 is 2.21 bits per heavy atom. The Kier molecular flexibility index (Phi) is 3.64. The van der Waals surface area contributed by atoms with Crippen LogP contribution < -0.4 is 0 Å². The number of fused-ring (bicyclic) bond motifs is 1. The number of rotatable bonds is 2. The highest BCUT2D eigenvalue weighted by molar-refractivity contribution is 14.1. The summed E-state index contributed by atoms with van der Waals surface area (Å²) in [5.74, 6) is 0. The van der Waals surface area contributed by atoms with Crippen molar-refractivity contribution in [2.75, 3.05) is 0 Å². The van der Waals surface area contributed by atoms with E-state index in [2.05, 4.69) is 38.6 Å². The highest BCUT2D eigenvalue weighted by Gasteiger charge is 2.22. The van der Waals surface area contributed by atoms with Gasteiger partial charge in [0, 0.05) is 3.57 Å². The predicted octanol–water partition coefficient (Wildman–Crippen LogP) is 3.09. The van der Waals surface area contributed by atoms with Gasteiger partial charge in [-0.15, -0.1) is 3.97 Å². The molecule has 0 N–H and O–H groups in total. The molecule has 0 fully saturated rings. The summed E-state index contributed by atoms with van der Waals surface area (Å²) in [5.41, 5.74) is 1.65. The summed E-state index contributed by atoms with van der Waals surface area (Å²) in [4.78, 5) is 9.32. The third kappa shape index (κ3) is 2.32. The van der Waals surface area contributed by atoms with Gasteiger partial charge < -0.3 is 4.55 Å². The van der Waals surface area contributed by atoms with Gasteiger partial charge in [0.1, 0.15) is 17.7 Å². The molecule has 0 aromatic carbocycles. The second kappa shape index (κ2) is 5.26.